The molecule has 1 unspecified atom stereocenters. The van der Waals surface area contributed by atoms with Crippen LogP contribution in [0.2, 0.25) is 0 Å². The van der Waals surface area contributed by atoms with Gasteiger partial charge >= 0.3 is 0 Å². The molecule has 1 rings (SSSR count). The Morgan fingerprint density at radius 1 is 1.11 bits per heavy atom. The van der Waals surface area contributed by atoms with Crippen LogP contribution in [0.15, 0.2) is 24.3 Å². The van der Waals surface area contributed by atoms with Crippen LogP contribution in [0.3, 0.4) is 0 Å². The number of benzene rings is 1. The first-order valence-corrected chi connectivity index (χ1v) is 9.61. The summed E-state index contributed by atoms with van der Waals surface area (Å²) in [6, 6.07) is 8.55. The van der Waals surface area contributed by atoms with E-state index in [1.54, 1.807) is 0 Å². The van der Waals surface area contributed by atoms with Crippen LogP contribution in [0.4, 0.5) is 0 Å². The predicted molar refractivity (Wildman–Crippen MR) is 82.3 cm³/mol. The Balaban J connectivity index is 2.54. The second-order valence-corrected chi connectivity index (χ2v) is 8.04. The SMILES string of the molecule is CCOP(=O)(CC)CCc1ccc(CCBr)cc1. The first kappa shape index (κ1) is 15.9. The van der Waals surface area contributed by atoms with E-state index in [0.29, 0.717) is 18.9 Å². The van der Waals surface area contributed by atoms with Crippen molar-refractivity contribution in [2.75, 3.05) is 24.3 Å². The number of alkyl halides is 1. The largest absolute Gasteiger partial charge is 0.329 e. The fourth-order valence-electron chi connectivity index (χ4n) is 1.83. The normalized spacial score (nSPS) is 14.4. The number of aryl methyl sites for hydroxylation is 2. The predicted octanol–water partition coefficient (Wildman–Crippen LogP) is 4.50. The number of hydrogen-bond acceptors (Lipinski definition) is 2. The molecule has 1 aromatic carbocycles. The zero-order chi connectivity index (χ0) is 13.4. The molecule has 1 aromatic rings. The minimum atomic E-state index is -2.40. The molecular weight excluding hydrogens is 311 g/mol. The molecule has 18 heavy (non-hydrogen) atoms. The maximum atomic E-state index is 12.3. The maximum absolute atomic E-state index is 12.3. The molecule has 0 fully saturated rings. The molecule has 0 aliphatic heterocycles. The Morgan fingerprint density at radius 3 is 2.11 bits per heavy atom. The highest BCUT2D eigenvalue weighted by Crippen LogP contribution is 2.46. The van der Waals surface area contributed by atoms with E-state index in [0.717, 1.165) is 18.2 Å². The van der Waals surface area contributed by atoms with E-state index < -0.39 is 7.37 Å². The van der Waals surface area contributed by atoms with Crippen molar-refractivity contribution in [1.82, 2.24) is 0 Å². The molecular formula is C14H22BrO2P. The molecule has 0 radical (unpaired) electrons. The van der Waals surface area contributed by atoms with Gasteiger partial charge in [0.2, 0.25) is 7.37 Å². The molecule has 0 amide bonds. The summed E-state index contributed by atoms with van der Waals surface area (Å²) in [6.07, 6.45) is 3.16. The molecule has 0 aromatic heterocycles. The quantitative estimate of drug-likeness (QED) is 0.517. The Kier molecular flexibility index (Phi) is 7.21. The minimum Gasteiger partial charge on any atom is -0.329 e. The molecule has 0 N–H and O–H groups in total. The van der Waals surface area contributed by atoms with Crippen LogP contribution in [-0.4, -0.2) is 24.3 Å². The summed E-state index contributed by atoms with van der Waals surface area (Å²) in [5.74, 6) is 0. The minimum absolute atomic E-state index is 0.537. The van der Waals surface area contributed by atoms with Gasteiger partial charge in [-0.05, 0) is 30.9 Å². The lowest BCUT2D eigenvalue weighted by Crippen LogP contribution is -2.01. The fraction of sp³-hybridized carbons (Fsp3) is 0.571. The van der Waals surface area contributed by atoms with Gasteiger partial charge < -0.3 is 4.52 Å². The summed E-state index contributed by atoms with van der Waals surface area (Å²) >= 11 is 3.43. The smallest absolute Gasteiger partial charge is 0.203 e. The summed E-state index contributed by atoms with van der Waals surface area (Å²) in [4.78, 5) is 0. The van der Waals surface area contributed by atoms with Crippen LogP contribution in [-0.2, 0) is 21.9 Å². The van der Waals surface area contributed by atoms with E-state index in [-0.39, 0.29) is 0 Å². The molecule has 0 heterocycles. The Hall–Kier alpha value is -0.110. The molecule has 4 heteroatoms. The summed E-state index contributed by atoms with van der Waals surface area (Å²) in [6.45, 7) is 4.38. The molecule has 0 aliphatic rings. The second kappa shape index (κ2) is 8.14. The Labute approximate surface area is 119 Å². The van der Waals surface area contributed by atoms with Gasteiger partial charge in [0.25, 0.3) is 0 Å². The summed E-state index contributed by atoms with van der Waals surface area (Å²) in [7, 11) is -2.40. The number of halogens is 1. The lowest BCUT2D eigenvalue weighted by molar-refractivity contribution is 0.333. The van der Waals surface area contributed by atoms with Crippen LogP contribution >= 0.6 is 23.3 Å². The Bertz CT molecular complexity index is 389. The van der Waals surface area contributed by atoms with Crippen LogP contribution in [0.1, 0.15) is 25.0 Å². The van der Waals surface area contributed by atoms with Gasteiger partial charge in [0.15, 0.2) is 0 Å². The van der Waals surface area contributed by atoms with Crippen LogP contribution < -0.4 is 0 Å². The van der Waals surface area contributed by atoms with Crippen molar-refractivity contribution < 1.29 is 9.09 Å². The van der Waals surface area contributed by atoms with E-state index in [9.17, 15) is 4.57 Å². The van der Waals surface area contributed by atoms with Gasteiger partial charge in [-0.3, -0.25) is 4.57 Å². The molecule has 1 atom stereocenters. The standard InChI is InChI=1S/C14H22BrO2P/c1-3-17-18(16,4-2)12-10-14-7-5-13(6-8-14)9-11-15/h5-8H,3-4,9-12H2,1-2H3. The van der Waals surface area contributed by atoms with Gasteiger partial charge in [0.1, 0.15) is 0 Å². The second-order valence-electron chi connectivity index (χ2n) is 4.28. The van der Waals surface area contributed by atoms with Crippen molar-refractivity contribution in [1.29, 1.82) is 0 Å². The monoisotopic (exact) mass is 332 g/mol. The fourth-order valence-corrected chi connectivity index (χ4v) is 3.99. The molecule has 0 saturated heterocycles. The van der Waals surface area contributed by atoms with Gasteiger partial charge in [-0.15, -0.1) is 0 Å². The average Bonchev–Trinajstić information content (AvgIpc) is 2.39. The number of rotatable bonds is 8. The van der Waals surface area contributed by atoms with E-state index in [2.05, 4.69) is 40.2 Å². The van der Waals surface area contributed by atoms with Crippen molar-refractivity contribution in [2.24, 2.45) is 0 Å². The molecule has 0 spiro atoms. The van der Waals surface area contributed by atoms with E-state index in [4.69, 9.17) is 4.52 Å². The zero-order valence-electron chi connectivity index (χ0n) is 11.2. The van der Waals surface area contributed by atoms with Gasteiger partial charge in [-0.25, -0.2) is 0 Å². The van der Waals surface area contributed by atoms with Crippen LogP contribution in [0.5, 0.6) is 0 Å². The van der Waals surface area contributed by atoms with E-state index >= 15 is 0 Å². The van der Waals surface area contributed by atoms with Crippen molar-refractivity contribution in [3.8, 4) is 0 Å². The van der Waals surface area contributed by atoms with Gasteiger partial charge in [-0.2, -0.15) is 0 Å². The van der Waals surface area contributed by atoms with Crippen molar-refractivity contribution in [2.45, 2.75) is 26.7 Å². The molecule has 0 aliphatic carbocycles. The zero-order valence-corrected chi connectivity index (χ0v) is 13.7. The lowest BCUT2D eigenvalue weighted by atomic mass is 10.1. The molecule has 102 valence electrons. The topological polar surface area (TPSA) is 26.3 Å². The third kappa shape index (κ3) is 5.26. The third-order valence-corrected chi connectivity index (χ3v) is 5.99. The van der Waals surface area contributed by atoms with E-state index in [1.807, 2.05) is 13.8 Å². The maximum Gasteiger partial charge on any atom is 0.203 e. The average molecular weight is 333 g/mol. The van der Waals surface area contributed by atoms with Gasteiger partial charge in [-0.1, -0.05) is 47.1 Å². The molecule has 0 bridgehead atoms. The van der Waals surface area contributed by atoms with Gasteiger partial charge in [0, 0.05) is 17.7 Å². The van der Waals surface area contributed by atoms with Crippen molar-refractivity contribution in [3.63, 3.8) is 0 Å². The van der Waals surface area contributed by atoms with Gasteiger partial charge in [0.05, 0.1) is 6.61 Å². The molecule has 2 nitrogen and oxygen atoms in total. The first-order chi connectivity index (χ1) is 8.63. The summed E-state index contributed by atoms with van der Waals surface area (Å²) in [5, 5.41) is 0.988. The first-order valence-electron chi connectivity index (χ1n) is 6.50. The third-order valence-electron chi connectivity index (χ3n) is 2.99. The van der Waals surface area contributed by atoms with Crippen molar-refractivity contribution >= 4 is 23.3 Å². The highest BCUT2D eigenvalue weighted by molar-refractivity contribution is 9.09. The summed E-state index contributed by atoms with van der Waals surface area (Å²) < 4.78 is 17.7. The van der Waals surface area contributed by atoms with E-state index in [1.165, 1.54) is 11.1 Å². The highest BCUT2D eigenvalue weighted by Gasteiger charge is 2.19. The molecule has 0 saturated carbocycles. The lowest BCUT2D eigenvalue weighted by Gasteiger charge is -2.15. The summed E-state index contributed by atoms with van der Waals surface area (Å²) in [5.41, 5.74) is 2.57. The highest BCUT2D eigenvalue weighted by atomic mass is 79.9. The van der Waals surface area contributed by atoms with Crippen LogP contribution in [0, 0.1) is 0 Å². The number of hydrogen-bond donors (Lipinski definition) is 0. The Morgan fingerprint density at radius 2 is 1.67 bits per heavy atom. The van der Waals surface area contributed by atoms with Crippen LogP contribution in [0.25, 0.3) is 0 Å². The van der Waals surface area contributed by atoms with Crippen molar-refractivity contribution in [3.05, 3.63) is 35.4 Å².